The summed E-state index contributed by atoms with van der Waals surface area (Å²) in [7, 11) is 0. The van der Waals surface area contributed by atoms with Crippen LogP contribution < -0.4 is 9.62 Å². The van der Waals surface area contributed by atoms with Gasteiger partial charge in [-0.25, -0.2) is 0 Å². The van der Waals surface area contributed by atoms with Crippen molar-refractivity contribution < 1.29 is 4.79 Å². The lowest BCUT2D eigenvalue weighted by molar-refractivity contribution is 0.102. The molecule has 35 heavy (non-hydrogen) atoms. The van der Waals surface area contributed by atoms with Crippen molar-refractivity contribution in [2.75, 3.05) is 21.9 Å². The van der Waals surface area contributed by atoms with E-state index in [-0.39, 0.29) is 5.91 Å². The second-order valence-electron chi connectivity index (χ2n) is 7.70. The number of aliphatic imine (C=N–C) groups is 1. The number of carbonyl (C=O) groups is 1. The summed E-state index contributed by atoms with van der Waals surface area (Å²) in [6, 6.07) is 17.5. The maximum Gasteiger partial charge on any atom is 0.255 e. The van der Waals surface area contributed by atoms with Gasteiger partial charge in [-0.2, -0.15) is 0 Å². The Morgan fingerprint density at radius 3 is 2.57 bits per heavy atom. The number of hydrogen-bond donors (Lipinski definition) is 1. The van der Waals surface area contributed by atoms with Crippen molar-refractivity contribution in [3.8, 4) is 0 Å². The van der Waals surface area contributed by atoms with Crippen LogP contribution in [0, 0.1) is 0 Å². The van der Waals surface area contributed by atoms with Crippen LogP contribution in [-0.2, 0) is 0 Å². The Morgan fingerprint density at radius 1 is 1.14 bits per heavy atom. The van der Waals surface area contributed by atoms with Crippen molar-refractivity contribution in [2.45, 2.75) is 53.9 Å². The highest BCUT2D eigenvalue weighted by molar-refractivity contribution is 8.00. The quantitative estimate of drug-likeness (QED) is 0.289. The third-order valence-electron chi connectivity index (χ3n) is 5.18. The van der Waals surface area contributed by atoms with Crippen LogP contribution in [0.25, 0.3) is 10.9 Å². The molecular formula is C29H38N4OS. The van der Waals surface area contributed by atoms with Crippen molar-refractivity contribution in [2.24, 2.45) is 4.99 Å². The third kappa shape index (κ3) is 9.21. The number of fused-ring (bicyclic) bond motifs is 1. The molecule has 0 aliphatic carbocycles. The zero-order valence-electron chi connectivity index (χ0n) is 21.6. The molecule has 0 saturated carbocycles. The highest BCUT2D eigenvalue weighted by Gasteiger charge is 2.13. The summed E-state index contributed by atoms with van der Waals surface area (Å²) in [4.78, 5) is 20.9. The minimum Gasteiger partial charge on any atom is -0.322 e. The van der Waals surface area contributed by atoms with E-state index in [1.807, 2.05) is 107 Å². The number of pyridine rings is 1. The molecule has 0 spiro atoms. The summed E-state index contributed by atoms with van der Waals surface area (Å²) in [5.74, 6) is 1.06. The number of rotatable bonds is 5. The molecular weight excluding hydrogens is 452 g/mol. The van der Waals surface area contributed by atoms with Gasteiger partial charge >= 0.3 is 0 Å². The second-order valence-corrected chi connectivity index (χ2v) is 8.81. The van der Waals surface area contributed by atoms with Gasteiger partial charge in [0.15, 0.2) is 0 Å². The Bertz CT molecular complexity index is 1100. The molecule has 3 aromatic rings. The number of allylic oxidation sites excluding steroid dienone is 2. The molecule has 1 aliphatic rings. The van der Waals surface area contributed by atoms with Gasteiger partial charge in [-0.1, -0.05) is 39.0 Å². The van der Waals surface area contributed by atoms with E-state index in [9.17, 15) is 4.79 Å². The number of benzene rings is 2. The number of amides is 1. The monoisotopic (exact) mass is 490 g/mol. The zero-order chi connectivity index (χ0) is 25.5. The highest BCUT2D eigenvalue weighted by Crippen LogP contribution is 2.27. The Hall–Kier alpha value is -3.12. The van der Waals surface area contributed by atoms with E-state index in [1.54, 1.807) is 6.20 Å². The number of hydrogen-bond acceptors (Lipinski definition) is 5. The van der Waals surface area contributed by atoms with Crippen molar-refractivity contribution in [3.05, 3.63) is 78.1 Å². The minimum atomic E-state index is -0.104. The predicted octanol–water partition coefficient (Wildman–Crippen LogP) is 8.15. The Labute approximate surface area is 214 Å². The lowest BCUT2D eigenvalue weighted by Gasteiger charge is -2.27. The van der Waals surface area contributed by atoms with E-state index in [0.29, 0.717) is 5.56 Å². The van der Waals surface area contributed by atoms with Crippen molar-refractivity contribution in [3.63, 3.8) is 0 Å². The maximum atomic E-state index is 12.5. The van der Waals surface area contributed by atoms with Crippen LogP contribution in [0.4, 0.5) is 11.4 Å². The Morgan fingerprint density at radius 2 is 1.91 bits per heavy atom. The standard InChI is InChI=1S/C20H19N3OS.C7H13N.C2H6/c24-20(22-17-8-5-15-4-3-11-21-19(15)14-17)16-6-9-18(10-7-16)23-12-1-2-13-25-23;1-4-6-8-7(3)5-2;1-2/h3-11,14H,1-2,12-13H2,(H,22,24);5-6H,4H2,1-3H3;1-2H3/b;7-5+,8-6?;. The van der Waals surface area contributed by atoms with Gasteiger partial charge in [0.2, 0.25) is 0 Å². The van der Waals surface area contributed by atoms with Gasteiger partial charge in [0.1, 0.15) is 0 Å². The molecule has 0 unspecified atom stereocenters. The van der Waals surface area contributed by atoms with E-state index in [0.717, 1.165) is 46.7 Å². The van der Waals surface area contributed by atoms with Gasteiger partial charge in [-0.3, -0.25) is 14.8 Å². The van der Waals surface area contributed by atoms with Crippen LogP contribution in [0.15, 0.2) is 77.6 Å². The van der Waals surface area contributed by atoms with Gasteiger partial charge < -0.3 is 9.62 Å². The molecule has 1 amide bonds. The summed E-state index contributed by atoms with van der Waals surface area (Å²) < 4.78 is 2.31. The molecule has 5 nitrogen and oxygen atoms in total. The van der Waals surface area contributed by atoms with E-state index < -0.39 is 0 Å². The molecule has 0 bridgehead atoms. The van der Waals surface area contributed by atoms with E-state index >= 15 is 0 Å². The van der Waals surface area contributed by atoms with E-state index in [1.165, 1.54) is 12.8 Å². The summed E-state index contributed by atoms with van der Waals surface area (Å²) >= 11 is 1.86. The molecule has 2 aromatic carbocycles. The van der Waals surface area contributed by atoms with E-state index in [2.05, 4.69) is 26.5 Å². The van der Waals surface area contributed by atoms with Gasteiger partial charge in [-0.15, -0.1) is 0 Å². The van der Waals surface area contributed by atoms with E-state index in [4.69, 9.17) is 0 Å². The number of nitrogens with zero attached hydrogens (tertiary/aromatic N) is 3. The first-order valence-electron chi connectivity index (χ1n) is 12.4. The molecule has 1 saturated heterocycles. The summed E-state index contributed by atoms with van der Waals surface area (Å²) in [5, 5.41) is 4.01. The topological polar surface area (TPSA) is 57.6 Å². The molecule has 1 N–H and O–H groups in total. The van der Waals surface area contributed by atoms with Crippen LogP contribution in [0.5, 0.6) is 0 Å². The number of anilines is 2. The molecule has 0 atom stereocenters. The molecule has 2 heterocycles. The van der Waals surface area contributed by atoms with Crippen molar-refractivity contribution in [1.82, 2.24) is 4.98 Å². The molecule has 1 aromatic heterocycles. The molecule has 1 fully saturated rings. The first-order chi connectivity index (χ1) is 17.1. The van der Waals surface area contributed by atoms with Gasteiger partial charge in [0, 0.05) is 52.7 Å². The minimum absolute atomic E-state index is 0.104. The molecule has 0 radical (unpaired) electrons. The van der Waals surface area contributed by atoms with Crippen LogP contribution in [-0.4, -0.2) is 29.4 Å². The zero-order valence-corrected chi connectivity index (χ0v) is 22.4. The Kier molecular flexibility index (Phi) is 12.6. The second kappa shape index (κ2) is 15.7. The van der Waals surface area contributed by atoms with Crippen LogP contribution in [0.2, 0.25) is 0 Å². The fourth-order valence-electron chi connectivity index (χ4n) is 3.24. The third-order valence-corrected chi connectivity index (χ3v) is 6.36. The summed E-state index contributed by atoms with van der Waals surface area (Å²) in [6.07, 6.45) is 9.19. The van der Waals surface area contributed by atoms with Gasteiger partial charge in [0.05, 0.1) is 5.52 Å². The Balaban J connectivity index is 0.000000371. The fourth-order valence-corrected chi connectivity index (χ4v) is 4.32. The first-order valence-corrected chi connectivity index (χ1v) is 13.4. The smallest absolute Gasteiger partial charge is 0.255 e. The number of nitrogens with one attached hydrogen (secondary N) is 1. The highest BCUT2D eigenvalue weighted by atomic mass is 32.2. The fraction of sp³-hybridized carbons (Fsp3) is 0.345. The lowest BCUT2D eigenvalue weighted by Crippen LogP contribution is -2.21. The summed E-state index contributed by atoms with van der Waals surface area (Å²) in [6.45, 7) is 11.1. The average Bonchev–Trinajstić information content (AvgIpc) is 2.93. The molecule has 186 valence electrons. The average molecular weight is 491 g/mol. The van der Waals surface area contributed by atoms with Gasteiger partial charge in [-0.05, 0) is 87.5 Å². The normalized spacial score (nSPS) is 13.5. The van der Waals surface area contributed by atoms with Crippen LogP contribution in [0.3, 0.4) is 0 Å². The van der Waals surface area contributed by atoms with Crippen LogP contribution in [0.1, 0.15) is 64.2 Å². The maximum absolute atomic E-state index is 12.5. The molecule has 1 aliphatic heterocycles. The SMILES string of the molecule is C/C=C(\C)N=CCC.CC.O=C(Nc1ccc2cccnc2c1)c1ccc(N2CCCCS2)cc1. The van der Waals surface area contributed by atoms with Crippen molar-refractivity contribution in [1.29, 1.82) is 0 Å². The predicted molar refractivity (Wildman–Crippen MR) is 155 cm³/mol. The first kappa shape index (κ1) is 28.1. The largest absolute Gasteiger partial charge is 0.322 e. The molecule has 6 heteroatoms. The number of carbonyl (C=O) groups excluding carboxylic acids is 1. The van der Waals surface area contributed by atoms with Gasteiger partial charge in [0.25, 0.3) is 5.91 Å². The molecule has 4 rings (SSSR count). The summed E-state index contributed by atoms with van der Waals surface area (Å²) in [5.41, 5.74) is 4.54. The number of aromatic nitrogens is 1. The van der Waals surface area contributed by atoms with Crippen molar-refractivity contribution >= 4 is 46.3 Å². The van der Waals surface area contributed by atoms with Crippen LogP contribution >= 0.6 is 11.9 Å². The lowest BCUT2D eigenvalue weighted by atomic mass is 10.1.